The average Bonchev–Trinajstić information content (AvgIpc) is 3.41. The number of hydrogen-bond acceptors (Lipinski definition) is 7. The minimum atomic E-state index is -3.05. The molecule has 0 bridgehead atoms. The number of halogens is 3. The first-order valence-corrected chi connectivity index (χ1v) is 15.9. The van der Waals surface area contributed by atoms with Crippen molar-refractivity contribution < 1.29 is 23.0 Å². The Morgan fingerprint density at radius 3 is 2.83 bits per heavy atom. The molecule has 1 aromatic carbocycles. The Morgan fingerprint density at radius 2 is 2.08 bits per heavy atom. The van der Waals surface area contributed by atoms with E-state index in [2.05, 4.69) is 39.4 Å². The van der Waals surface area contributed by atoms with E-state index in [0.717, 1.165) is 17.6 Å². The molecule has 0 radical (unpaired) electrons. The largest absolute Gasteiger partial charge is 0.434 e. The van der Waals surface area contributed by atoms with Gasteiger partial charge in [0.25, 0.3) is 5.91 Å². The third-order valence-corrected chi connectivity index (χ3v) is 7.94. The van der Waals surface area contributed by atoms with Crippen LogP contribution < -0.4 is 10.1 Å². The summed E-state index contributed by atoms with van der Waals surface area (Å²) in [5.74, 6) is -0.571. The molecule has 3 aromatic heterocycles. The molecule has 3 heterocycles. The number of hydrogen-bond donors (Lipinski definition) is 1. The fourth-order valence-corrected chi connectivity index (χ4v) is 5.03. The quantitative estimate of drug-likeness (QED) is 0.182. The zero-order valence-electron chi connectivity index (χ0n) is 19.8. The van der Waals surface area contributed by atoms with E-state index >= 15 is 0 Å². The first-order valence-electron chi connectivity index (χ1n) is 11.0. The molecule has 36 heavy (non-hydrogen) atoms. The van der Waals surface area contributed by atoms with Gasteiger partial charge in [-0.2, -0.15) is 18.3 Å². The summed E-state index contributed by atoms with van der Waals surface area (Å²) in [7, 11) is -1.32. The van der Waals surface area contributed by atoms with Crippen molar-refractivity contribution in [2.45, 2.75) is 39.0 Å². The van der Waals surface area contributed by atoms with E-state index in [1.807, 2.05) is 0 Å². The Hall–Kier alpha value is -2.93. The highest BCUT2D eigenvalue weighted by molar-refractivity contribution is 7.09. The Balaban J connectivity index is 1.70. The number of alkyl halides is 2. The lowest BCUT2D eigenvalue weighted by molar-refractivity contribution is -0.0495. The van der Waals surface area contributed by atoms with E-state index in [1.165, 1.54) is 29.1 Å². The van der Waals surface area contributed by atoms with Crippen LogP contribution in [-0.4, -0.2) is 46.3 Å². The smallest absolute Gasteiger partial charge is 0.387 e. The second kappa shape index (κ2) is 11.0. The summed E-state index contributed by atoms with van der Waals surface area (Å²) in [6.07, 6.45) is 3.01. The van der Waals surface area contributed by atoms with Crippen LogP contribution in [0.15, 0.2) is 42.7 Å². The second-order valence-electron chi connectivity index (χ2n) is 9.11. The van der Waals surface area contributed by atoms with Crippen molar-refractivity contribution in [3.63, 3.8) is 0 Å². The van der Waals surface area contributed by atoms with E-state index < -0.39 is 20.6 Å². The monoisotopic (exact) mass is 551 g/mol. The van der Waals surface area contributed by atoms with E-state index in [1.54, 1.807) is 18.3 Å². The molecule has 0 aliphatic heterocycles. The highest BCUT2D eigenvalue weighted by atomic mass is 35.5. The fourth-order valence-electron chi connectivity index (χ4n) is 3.39. The van der Waals surface area contributed by atoms with Crippen molar-refractivity contribution in [1.82, 2.24) is 19.1 Å². The summed E-state index contributed by atoms with van der Waals surface area (Å²) >= 11 is 7.22. The summed E-state index contributed by atoms with van der Waals surface area (Å²) < 4.78 is 42.6. The topological polar surface area (TPSA) is 91.2 Å². The Bertz CT molecular complexity index is 1380. The molecule has 190 valence electrons. The number of anilines is 1. The van der Waals surface area contributed by atoms with Crippen molar-refractivity contribution in [3.8, 4) is 17.0 Å². The van der Waals surface area contributed by atoms with Gasteiger partial charge in [0.05, 0.1) is 17.6 Å². The minimum Gasteiger partial charge on any atom is -0.434 e. The number of aromatic nitrogens is 4. The molecule has 0 spiro atoms. The lowest BCUT2D eigenvalue weighted by atomic mass is 10.1. The summed E-state index contributed by atoms with van der Waals surface area (Å²) in [6.45, 7) is 4.22. The number of nitrogens with zero attached hydrogens (tertiary/aromatic N) is 4. The number of nitrogens with one attached hydrogen (secondary N) is 1. The number of rotatable bonds is 10. The van der Waals surface area contributed by atoms with Gasteiger partial charge in [-0.15, -0.1) is 0 Å². The third kappa shape index (κ3) is 6.24. The molecule has 8 nitrogen and oxygen atoms in total. The number of pyridine rings is 1. The predicted octanol–water partition coefficient (Wildman–Crippen LogP) is 6.37. The number of amides is 1. The van der Waals surface area contributed by atoms with Gasteiger partial charge < -0.3 is 14.8 Å². The van der Waals surface area contributed by atoms with E-state index in [-0.39, 0.29) is 23.7 Å². The molecule has 13 heteroatoms. The molecule has 4 aromatic rings. The van der Waals surface area contributed by atoms with Crippen LogP contribution in [0.25, 0.3) is 22.3 Å². The van der Waals surface area contributed by atoms with Crippen molar-refractivity contribution >= 4 is 53.8 Å². The van der Waals surface area contributed by atoms with Crippen LogP contribution in [0.3, 0.4) is 0 Å². The van der Waals surface area contributed by atoms with Crippen LogP contribution in [0.5, 0.6) is 5.75 Å². The van der Waals surface area contributed by atoms with Gasteiger partial charge in [0.15, 0.2) is 0 Å². The molecule has 0 aliphatic rings. The Labute approximate surface area is 216 Å². The van der Waals surface area contributed by atoms with Crippen molar-refractivity contribution in [2.75, 3.05) is 11.9 Å². The van der Waals surface area contributed by atoms with Crippen LogP contribution >= 0.6 is 23.1 Å². The number of carbonyl (C=O) groups excluding carboxylic acids is 1. The molecule has 0 saturated heterocycles. The molecule has 0 atom stereocenters. The lowest BCUT2D eigenvalue weighted by Gasteiger charge is -2.17. The van der Waals surface area contributed by atoms with Crippen molar-refractivity contribution in [2.24, 2.45) is 0 Å². The standard InChI is InChI=1S/C23H24ClF2N5O3SSi/c1-36(2,3)10-9-33-13-31-20(15-11-14(24)6-7-18(15)34-23(25)26)17(12-28-31)29-22(32)21-19-16(30-35-21)5-4-8-27-19/h4-8,11-12,23H,9-10,13H2,1-3H3,(H,29,32). The Kier molecular flexibility index (Phi) is 7.98. The molecule has 0 saturated carbocycles. The third-order valence-electron chi connectivity index (χ3n) is 5.15. The summed E-state index contributed by atoms with van der Waals surface area (Å²) in [5.41, 5.74) is 1.88. The second-order valence-corrected chi connectivity index (χ2v) is 15.9. The summed E-state index contributed by atoms with van der Waals surface area (Å²) in [6, 6.07) is 8.71. The number of fused-ring (bicyclic) bond motifs is 1. The lowest BCUT2D eigenvalue weighted by Crippen LogP contribution is -2.22. The van der Waals surface area contributed by atoms with Gasteiger partial charge >= 0.3 is 6.61 Å². The molecule has 0 aliphatic carbocycles. The number of benzene rings is 1. The first-order chi connectivity index (χ1) is 17.1. The van der Waals surface area contributed by atoms with Crippen LogP contribution in [-0.2, 0) is 11.5 Å². The van der Waals surface area contributed by atoms with E-state index in [4.69, 9.17) is 21.1 Å². The minimum absolute atomic E-state index is 0.0430. The number of ether oxygens (including phenoxy) is 2. The molecule has 0 unspecified atom stereocenters. The van der Waals surface area contributed by atoms with Crippen LogP contribution in [0, 0.1) is 0 Å². The molecular formula is C23H24ClF2N5O3SSi. The zero-order valence-corrected chi connectivity index (χ0v) is 22.4. The van der Waals surface area contributed by atoms with E-state index in [9.17, 15) is 13.6 Å². The van der Waals surface area contributed by atoms with Gasteiger partial charge in [0.1, 0.15) is 28.4 Å². The molecular weight excluding hydrogens is 528 g/mol. The molecule has 1 amide bonds. The zero-order chi connectivity index (χ0) is 25.9. The van der Waals surface area contributed by atoms with Gasteiger partial charge in [0, 0.05) is 31.5 Å². The number of carbonyl (C=O) groups is 1. The van der Waals surface area contributed by atoms with Crippen LogP contribution in [0.2, 0.25) is 30.7 Å². The highest BCUT2D eigenvalue weighted by Crippen LogP contribution is 2.38. The normalized spacial score (nSPS) is 11.9. The van der Waals surface area contributed by atoms with Crippen LogP contribution in [0.4, 0.5) is 14.5 Å². The van der Waals surface area contributed by atoms with Gasteiger partial charge in [-0.3, -0.25) is 9.78 Å². The van der Waals surface area contributed by atoms with Gasteiger partial charge in [-0.25, -0.2) is 4.68 Å². The fraction of sp³-hybridized carbons (Fsp3) is 0.304. The SMILES string of the molecule is C[Si](C)(C)CCOCn1ncc(NC(=O)c2snc3cccnc23)c1-c1cc(Cl)ccc1OC(F)F. The predicted molar refractivity (Wildman–Crippen MR) is 139 cm³/mol. The van der Waals surface area contributed by atoms with E-state index in [0.29, 0.717) is 33.2 Å². The highest BCUT2D eigenvalue weighted by Gasteiger charge is 2.23. The summed E-state index contributed by atoms with van der Waals surface area (Å²) in [5, 5.41) is 7.46. The molecule has 4 rings (SSSR count). The molecule has 0 fully saturated rings. The van der Waals surface area contributed by atoms with Crippen LogP contribution in [0.1, 0.15) is 9.67 Å². The van der Waals surface area contributed by atoms with Gasteiger partial charge in [-0.1, -0.05) is 31.2 Å². The summed E-state index contributed by atoms with van der Waals surface area (Å²) in [4.78, 5) is 17.7. The van der Waals surface area contributed by atoms with Gasteiger partial charge in [0.2, 0.25) is 0 Å². The van der Waals surface area contributed by atoms with Crippen molar-refractivity contribution in [3.05, 3.63) is 52.6 Å². The Morgan fingerprint density at radius 1 is 1.28 bits per heavy atom. The average molecular weight is 552 g/mol. The maximum absolute atomic E-state index is 13.2. The maximum atomic E-state index is 13.2. The first kappa shape index (κ1) is 26.1. The maximum Gasteiger partial charge on any atom is 0.387 e. The molecule has 1 N–H and O–H groups in total. The van der Waals surface area contributed by atoms with Crippen molar-refractivity contribution in [1.29, 1.82) is 0 Å². The van der Waals surface area contributed by atoms with Gasteiger partial charge in [-0.05, 0) is 47.9 Å².